The number of likely N-dealkylation sites (N-methyl/N-ethyl adjacent to an activating group) is 1. The van der Waals surface area contributed by atoms with Crippen molar-refractivity contribution in [3.63, 3.8) is 0 Å². The number of hydrogen-bond acceptors (Lipinski definition) is 4. The number of nitrogens with one attached hydrogen (secondary N) is 1. The minimum atomic E-state index is -4.87. The van der Waals surface area contributed by atoms with Crippen molar-refractivity contribution >= 4 is 39.1 Å². The second-order valence-corrected chi connectivity index (χ2v) is 10.8. The van der Waals surface area contributed by atoms with Crippen molar-refractivity contribution in [3.05, 3.63) is 95.0 Å². The lowest BCUT2D eigenvalue weighted by atomic mass is 10.1. The third kappa shape index (κ3) is 7.30. The molecule has 0 aliphatic rings. The molecule has 0 saturated carbocycles. The quantitative estimate of drug-likeness (QED) is 0.361. The second kappa shape index (κ2) is 12.5. The average molecular weight is 582 g/mol. The Morgan fingerprint density at radius 2 is 1.56 bits per heavy atom. The lowest BCUT2D eigenvalue weighted by Crippen LogP contribution is -2.51. The summed E-state index contributed by atoms with van der Waals surface area (Å²) in [5.41, 5.74) is -0.987. The van der Waals surface area contributed by atoms with Gasteiger partial charge in [-0.15, -0.1) is 0 Å². The number of carbonyl (C=O) groups is 2. The highest BCUT2D eigenvalue weighted by molar-refractivity contribution is 7.92. The zero-order valence-corrected chi connectivity index (χ0v) is 22.7. The van der Waals surface area contributed by atoms with Gasteiger partial charge in [0.05, 0.1) is 21.2 Å². The van der Waals surface area contributed by atoms with Crippen LogP contribution in [0.4, 0.5) is 18.9 Å². The van der Waals surface area contributed by atoms with E-state index in [-0.39, 0.29) is 11.4 Å². The lowest BCUT2D eigenvalue weighted by Gasteiger charge is -2.32. The van der Waals surface area contributed by atoms with Gasteiger partial charge in [0.25, 0.3) is 10.0 Å². The van der Waals surface area contributed by atoms with Gasteiger partial charge in [-0.2, -0.15) is 13.2 Å². The number of carbonyl (C=O) groups excluding carboxylic acids is 2. The molecule has 0 aliphatic heterocycles. The predicted molar refractivity (Wildman–Crippen MR) is 143 cm³/mol. The molecule has 0 bridgehead atoms. The highest BCUT2D eigenvalue weighted by Gasteiger charge is 2.36. The zero-order chi connectivity index (χ0) is 28.8. The molecule has 39 heavy (non-hydrogen) atoms. The normalized spacial score (nSPS) is 12.5. The Morgan fingerprint density at radius 1 is 0.974 bits per heavy atom. The SMILES string of the molecule is CCNC(=O)C(C)N(Cc1ccccc1)C(=O)CN(c1ccc(Cl)c(C(F)(F)F)c1)S(=O)(=O)c1ccccc1. The number of nitrogens with zero attached hydrogens (tertiary/aromatic N) is 2. The summed E-state index contributed by atoms with van der Waals surface area (Å²) in [5.74, 6) is -1.26. The third-order valence-electron chi connectivity index (χ3n) is 5.87. The molecule has 0 radical (unpaired) electrons. The Bertz CT molecular complexity index is 1400. The number of benzene rings is 3. The second-order valence-electron chi connectivity index (χ2n) is 8.56. The Balaban J connectivity index is 2.10. The standard InChI is InChI=1S/C27H27ClF3N3O4S/c1-3-32-26(36)19(2)33(17-20-10-6-4-7-11-20)25(35)18-34(39(37,38)22-12-8-5-9-13-22)21-14-15-24(28)23(16-21)27(29,30)31/h4-16,19H,3,17-18H2,1-2H3,(H,32,36). The van der Waals surface area contributed by atoms with Gasteiger partial charge in [-0.05, 0) is 49.7 Å². The average Bonchev–Trinajstić information content (AvgIpc) is 2.90. The van der Waals surface area contributed by atoms with E-state index in [0.717, 1.165) is 12.1 Å². The number of amides is 2. The van der Waals surface area contributed by atoms with Crippen molar-refractivity contribution in [3.8, 4) is 0 Å². The first-order valence-electron chi connectivity index (χ1n) is 11.9. The van der Waals surface area contributed by atoms with E-state index in [4.69, 9.17) is 11.6 Å². The van der Waals surface area contributed by atoms with Crippen LogP contribution in [-0.4, -0.2) is 44.3 Å². The summed E-state index contributed by atoms with van der Waals surface area (Å²) < 4.78 is 68.8. The third-order valence-corrected chi connectivity index (χ3v) is 7.99. The van der Waals surface area contributed by atoms with E-state index >= 15 is 0 Å². The molecule has 1 atom stereocenters. The van der Waals surface area contributed by atoms with Crippen molar-refractivity contribution in [1.82, 2.24) is 10.2 Å². The van der Waals surface area contributed by atoms with Gasteiger partial charge in [0.2, 0.25) is 11.8 Å². The van der Waals surface area contributed by atoms with Crippen LogP contribution in [0, 0.1) is 0 Å². The van der Waals surface area contributed by atoms with E-state index in [9.17, 15) is 31.2 Å². The number of alkyl halides is 3. The predicted octanol–water partition coefficient (Wildman–Crippen LogP) is 5.11. The van der Waals surface area contributed by atoms with E-state index in [0.29, 0.717) is 22.5 Å². The fraction of sp³-hybridized carbons (Fsp3) is 0.259. The number of halogens is 4. The molecule has 2 amide bonds. The summed E-state index contributed by atoms with van der Waals surface area (Å²) in [6.45, 7) is 2.60. The molecule has 12 heteroatoms. The molecule has 3 rings (SSSR count). The maximum atomic E-state index is 13.7. The molecule has 0 fully saturated rings. The van der Waals surface area contributed by atoms with Crippen LogP contribution in [0.2, 0.25) is 5.02 Å². The zero-order valence-electron chi connectivity index (χ0n) is 21.2. The molecule has 7 nitrogen and oxygen atoms in total. The minimum absolute atomic E-state index is 0.0361. The molecular formula is C27H27ClF3N3O4S. The van der Waals surface area contributed by atoms with Crippen molar-refractivity contribution in [1.29, 1.82) is 0 Å². The fourth-order valence-corrected chi connectivity index (χ4v) is 5.47. The van der Waals surface area contributed by atoms with E-state index in [1.54, 1.807) is 43.3 Å². The van der Waals surface area contributed by atoms with Crippen molar-refractivity contribution in [2.45, 2.75) is 37.5 Å². The number of rotatable bonds is 10. The Hall–Kier alpha value is -3.57. The van der Waals surface area contributed by atoms with Crippen LogP contribution in [0.5, 0.6) is 0 Å². The van der Waals surface area contributed by atoms with Gasteiger partial charge in [-0.1, -0.05) is 60.1 Å². The fourth-order valence-electron chi connectivity index (χ4n) is 3.82. The van der Waals surface area contributed by atoms with Crippen LogP contribution in [0.3, 0.4) is 0 Å². The minimum Gasteiger partial charge on any atom is -0.355 e. The summed E-state index contributed by atoms with van der Waals surface area (Å²) in [7, 11) is -4.51. The molecule has 3 aromatic rings. The van der Waals surface area contributed by atoms with Gasteiger partial charge in [0.1, 0.15) is 12.6 Å². The van der Waals surface area contributed by atoms with Crippen LogP contribution in [0.1, 0.15) is 25.0 Å². The topological polar surface area (TPSA) is 86.8 Å². The largest absolute Gasteiger partial charge is 0.417 e. The number of anilines is 1. The molecule has 0 saturated heterocycles. The first kappa shape index (κ1) is 30.0. The molecule has 1 unspecified atom stereocenters. The van der Waals surface area contributed by atoms with E-state index < -0.39 is 56.9 Å². The summed E-state index contributed by atoms with van der Waals surface area (Å²) in [6.07, 6.45) is -4.87. The molecule has 0 aliphatic carbocycles. The van der Waals surface area contributed by atoms with Gasteiger partial charge in [-0.3, -0.25) is 13.9 Å². The lowest BCUT2D eigenvalue weighted by molar-refractivity contribution is -0.139. The van der Waals surface area contributed by atoms with Crippen LogP contribution in [0.15, 0.2) is 83.8 Å². The van der Waals surface area contributed by atoms with Crippen molar-refractivity contribution < 1.29 is 31.2 Å². The molecule has 0 aromatic heterocycles. The number of sulfonamides is 1. The Morgan fingerprint density at radius 3 is 2.13 bits per heavy atom. The molecule has 1 N–H and O–H groups in total. The first-order valence-corrected chi connectivity index (χ1v) is 13.7. The maximum Gasteiger partial charge on any atom is 0.417 e. The van der Waals surface area contributed by atoms with E-state index in [2.05, 4.69) is 5.32 Å². The van der Waals surface area contributed by atoms with Crippen LogP contribution in [-0.2, 0) is 32.3 Å². The summed E-state index contributed by atoms with van der Waals surface area (Å²) >= 11 is 5.76. The van der Waals surface area contributed by atoms with Gasteiger partial charge >= 0.3 is 6.18 Å². The van der Waals surface area contributed by atoms with Crippen LogP contribution >= 0.6 is 11.6 Å². The maximum absolute atomic E-state index is 13.7. The Kier molecular flexibility index (Phi) is 9.63. The van der Waals surface area contributed by atoms with Gasteiger partial charge in [0.15, 0.2) is 0 Å². The van der Waals surface area contributed by atoms with Gasteiger partial charge < -0.3 is 10.2 Å². The van der Waals surface area contributed by atoms with Crippen LogP contribution < -0.4 is 9.62 Å². The van der Waals surface area contributed by atoms with Gasteiger partial charge in [0, 0.05) is 13.1 Å². The first-order chi connectivity index (χ1) is 18.4. The highest BCUT2D eigenvalue weighted by Crippen LogP contribution is 2.38. The van der Waals surface area contributed by atoms with Crippen LogP contribution in [0.25, 0.3) is 0 Å². The van der Waals surface area contributed by atoms with Gasteiger partial charge in [-0.25, -0.2) is 8.42 Å². The molecule has 208 valence electrons. The molecule has 3 aromatic carbocycles. The van der Waals surface area contributed by atoms with Crippen molar-refractivity contribution in [2.24, 2.45) is 0 Å². The monoisotopic (exact) mass is 581 g/mol. The molecule has 0 spiro atoms. The summed E-state index contributed by atoms with van der Waals surface area (Å²) in [4.78, 5) is 27.3. The summed E-state index contributed by atoms with van der Waals surface area (Å²) in [5, 5.41) is 2.01. The van der Waals surface area contributed by atoms with E-state index in [1.165, 1.54) is 36.1 Å². The highest BCUT2D eigenvalue weighted by atomic mass is 35.5. The Labute approximate surface area is 230 Å². The van der Waals surface area contributed by atoms with Crippen molar-refractivity contribution in [2.75, 3.05) is 17.4 Å². The smallest absolute Gasteiger partial charge is 0.355 e. The number of hydrogen-bond donors (Lipinski definition) is 1. The molecular weight excluding hydrogens is 555 g/mol. The molecule has 0 heterocycles. The van der Waals surface area contributed by atoms with E-state index in [1.807, 2.05) is 0 Å². The summed E-state index contributed by atoms with van der Waals surface area (Å²) in [6, 6.07) is 17.4.